The number of rotatable bonds is 2. The van der Waals surface area contributed by atoms with Crippen LogP contribution in [0.2, 0.25) is 0 Å². The first-order valence-electron chi connectivity index (χ1n) is 10.0. The molecule has 28 heavy (non-hydrogen) atoms. The zero-order valence-electron chi connectivity index (χ0n) is 17.2. The van der Waals surface area contributed by atoms with E-state index in [-0.39, 0.29) is 42.0 Å². The van der Waals surface area contributed by atoms with Crippen LogP contribution in [-0.4, -0.2) is 50.5 Å². The van der Waals surface area contributed by atoms with Gasteiger partial charge in [-0.2, -0.15) is 0 Å². The Morgan fingerprint density at radius 1 is 1.29 bits per heavy atom. The van der Waals surface area contributed by atoms with Gasteiger partial charge in [0.15, 0.2) is 5.78 Å². The first-order valence-corrected chi connectivity index (χ1v) is 10.0. The summed E-state index contributed by atoms with van der Waals surface area (Å²) < 4.78 is 5.83. The van der Waals surface area contributed by atoms with E-state index in [2.05, 4.69) is 0 Å². The van der Waals surface area contributed by atoms with Crippen LogP contribution in [0.5, 0.6) is 0 Å². The molecule has 4 rings (SSSR count). The molecular weight excluding hydrogens is 360 g/mol. The van der Waals surface area contributed by atoms with Gasteiger partial charge in [-0.1, -0.05) is 32.9 Å². The number of carbonyl (C=O) groups is 2. The lowest BCUT2D eigenvalue weighted by molar-refractivity contribution is -0.186. The van der Waals surface area contributed by atoms with E-state index < -0.39 is 28.6 Å². The van der Waals surface area contributed by atoms with E-state index >= 15 is 0 Å². The molecule has 154 valence electrons. The van der Waals surface area contributed by atoms with Crippen LogP contribution in [0.25, 0.3) is 0 Å². The smallest absolute Gasteiger partial charge is 0.303 e. The summed E-state index contributed by atoms with van der Waals surface area (Å²) in [6, 6.07) is 0. The van der Waals surface area contributed by atoms with Gasteiger partial charge < -0.3 is 20.1 Å². The van der Waals surface area contributed by atoms with Crippen molar-refractivity contribution in [3.8, 4) is 0 Å². The van der Waals surface area contributed by atoms with Crippen LogP contribution in [0.4, 0.5) is 0 Å². The summed E-state index contributed by atoms with van der Waals surface area (Å²) in [5, 5.41) is 33.4. The highest BCUT2D eigenvalue weighted by molar-refractivity contribution is 6.04. The molecule has 0 spiro atoms. The predicted octanol–water partition coefficient (Wildman–Crippen LogP) is 1.53. The molecule has 0 aromatic rings. The first-order chi connectivity index (χ1) is 12.9. The molecule has 2 fully saturated rings. The quantitative estimate of drug-likeness (QED) is 0.488. The summed E-state index contributed by atoms with van der Waals surface area (Å²) in [6.45, 7) is 8.72. The molecule has 1 unspecified atom stereocenters. The van der Waals surface area contributed by atoms with E-state index in [1.165, 1.54) is 6.92 Å². The van der Waals surface area contributed by atoms with Crippen LogP contribution < -0.4 is 0 Å². The molecule has 0 aliphatic heterocycles. The number of fused-ring (bicyclic) bond motifs is 5. The van der Waals surface area contributed by atoms with Gasteiger partial charge in [-0.15, -0.1) is 0 Å². The number of aliphatic hydroxyl groups excluding tert-OH is 1. The van der Waals surface area contributed by atoms with Gasteiger partial charge in [0.1, 0.15) is 11.2 Å². The maximum absolute atomic E-state index is 12.8. The monoisotopic (exact) mass is 390 g/mol. The molecule has 6 heteroatoms. The van der Waals surface area contributed by atoms with Gasteiger partial charge in [0, 0.05) is 36.5 Å². The van der Waals surface area contributed by atoms with Gasteiger partial charge in [0.2, 0.25) is 0 Å². The van der Waals surface area contributed by atoms with Crippen molar-refractivity contribution in [1.82, 2.24) is 0 Å². The van der Waals surface area contributed by atoms with Crippen LogP contribution in [0, 0.1) is 29.1 Å². The molecule has 0 aromatic heterocycles. The maximum Gasteiger partial charge on any atom is 0.303 e. The van der Waals surface area contributed by atoms with Gasteiger partial charge >= 0.3 is 5.97 Å². The van der Waals surface area contributed by atoms with Crippen molar-refractivity contribution in [3.05, 3.63) is 23.3 Å². The molecule has 0 saturated heterocycles. The van der Waals surface area contributed by atoms with Gasteiger partial charge in [-0.05, 0) is 30.4 Å². The maximum atomic E-state index is 12.8. The van der Waals surface area contributed by atoms with Crippen molar-refractivity contribution >= 4 is 11.8 Å². The Morgan fingerprint density at radius 2 is 1.93 bits per heavy atom. The minimum atomic E-state index is -1.75. The third kappa shape index (κ3) is 2.09. The number of aliphatic hydroxyl groups is 3. The molecule has 4 aliphatic rings. The lowest BCUT2D eigenvalue weighted by Crippen LogP contribution is -2.61. The number of Topliss-reactive ketones (excluding diaryl/α,β-unsaturated/α-hetero) is 1. The summed E-state index contributed by atoms with van der Waals surface area (Å²) in [7, 11) is 0. The molecule has 7 atom stereocenters. The van der Waals surface area contributed by atoms with E-state index in [0.29, 0.717) is 17.6 Å². The zero-order valence-corrected chi connectivity index (χ0v) is 17.2. The van der Waals surface area contributed by atoms with Gasteiger partial charge in [0.05, 0.1) is 12.2 Å². The van der Waals surface area contributed by atoms with E-state index in [1.807, 2.05) is 26.8 Å². The second kappa shape index (κ2) is 5.55. The van der Waals surface area contributed by atoms with Crippen molar-refractivity contribution in [3.63, 3.8) is 0 Å². The fourth-order valence-corrected chi connectivity index (χ4v) is 6.85. The van der Waals surface area contributed by atoms with Crippen LogP contribution >= 0.6 is 0 Å². The van der Waals surface area contributed by atoms with E-state index in [1.54, 1.807) is 13.0 Å². The largest absolute Gasteiger partial charge is 0.458 e. The first kappa shape index (κ1) is 19.8. The molecule has 0 radical (unpaired) electrons. The topological polar surface area (TPSA) is 104 Å². The van der Waals surface area contributed by atoms with Crippen molar-refractivity contribution in [1.29, 1.82) is 0 Å². The highest BCUT2D eigenvalue weighted by Crippen LogP contribution is 2.76. The Hall–Kier alpha value is -1.50. The van der Waals surface area contributed by atoms with Gasteiger partial charge in [0.25, 0.3) is 0 Å². The minimum Gasteiger partial charge on any atom is -0.458 e. The van der Waals surface area contributed by atoms with Crippen molar-refractivity contribution < 1.29 is 29.6 Å². The second-order valence-corrected chi connectivity index (χ2v) is 9.94. The predicted molar refractivity (Wildman–Crippen MR) is 101 cm³/mol. The standard InChI is InChI=1S/C22H30O6/c1-11-6-16-20(26,18(11)25)9-14(10-23)7-15-17-19(4,5)21(17,28-13(3)24)8-12(2)22(15,16)27/h6-7,12,15-17,23,26-27H,8-10H2,1-5H3/t12-,15?,16-,17-,20-,21+,22-/m1/s1. The number of hydrogen-bond donors (Lipinski definition) is 3. The zero-order chi connectivity index (χ0) is 20.9. The number of carbonyl (C=O) groups excluding carboxylic acids is 2. The molecule has 2 saturated carbocycles. The summed E-state index contributed by atoms with van der Waals surface area (Å²) in [4.78, 5) is 24.7. The Bertz CT molecular complexity index is 825. The lowest BCUT2D eigenvalue weighted by atomic mass is 9.60. The van der Waals surface area contributed by atoms with Crippen LogP contribution in [-0.2, 0) is 14.3 Å². The molecule has 0 heterocycles. The highest BCUT2D eigenvalue weighted by atomic mass is 16.6. The van der Waals surface area contributed by atoms with E-state index in [0.717, 1.165) is 0 Å². The Kier molecular flexibility index (Phi) is 3.93. The molecule has 3 N–H and O–H groups in total. The normalized spacial score (nSPS) is 48.5. The lowest BCUT2D eigenvalue weighted by Gasteiger charge is -2.50. The fourth-order valence-electron chi connectivity index (χ4n) is 6.85. The van der Waals surface area contributed by atoms with E-state index in [9.17, 15) is 24.9 Å². The van der Waals surface area contributed by atoms with Crippen molar-refractivity contribution in [2.45, 2.75) is 64.3 Å². The fraction of sp³-hybridized carbons (Fsp3) is 0.727. The molecule has 0 bridgehead atoms. The summed E-state index contributed by atoms with van der Waals surface area (Å²) in [6.07, 6.45) is 4.00. The highest BCUT2D eigenvalue weighted by Gasteiger charge is 2.83. The Labute approximate surface area is 165 Å². The molecule has 4 aliphatic carbocycles. The second-order valence-electron chi connectivity index (χ2n) is 9.94. The van der Waals surface area contributed by atoms with Gasteiger partial charge in [-0.3, -0.25) is 9.59 Å². The van der Waals surface area contributed by atoms with Crippen LogP contribution in [0.3, 0.4) is 0 Å². The van der Waals surface area contributed by atoms with Crippen LogP contribution in [0.15, 0.2) is 23.3 Å². The minimum absolute atomic E-state index is 0.0000834. The van der Waals surface area contributed by atoms with Gasteiger partial charge in [-0.25, -0.2) is 0 Å². The average molecular weight is 390 g/mol. The van der Waals surface area contributed by atoms with Crippen LogP contribution in [0.1, 0.15) is 47.5 Å². The van der Waals surface area contributed by atoms with E-state index in [4.69, 9.17) is 4.74 Å². The number of hydrogen-bond acceptors (Lipinski definition) is 6. The van der Waals surface area contributed by atoms with Crippen molar-refractivity contribution in [2.75, 3.05) is 6.61 Å². The Morgan fingerprint density at radius 3 is 2.50 bits per heavy atom. The SMILES string of the molecule is CC(=O)O[C@@]12C[C@@H](C)[C@@]3(O)C(C=C(CO)C[C@]4(O)C(=O)C(C)=C[C@@H]34)[C@@H]1C2(C)C. The van der Waals surface area contributed by atoms with Crippen molar-refractivity contribution in [2.24, 2.45) is 29.1 Å². The number of ketones is 1. The summed E-state index contributed by atoms with van der Waals surface area (Å²) in [5.74, 6) is -2.42. The third-order valence-electron chi connectivity index (χ3n) is 8.20. The molecule has 6 nitrogen and oxygen atoms in total. The summed E-state index contributed by atoms with van der Waals surface area (Å²) in [5.41, 5.74) is -3.19. The Balaban J connectivity index is 1.90. The third-order valence-corrected chi connectivity index (χ3v) is 8.20. The average Bonchev–Trinajstić information content (AvgIpc) is 2.99. The number of esters is 1. The molecule has 0 aromatic carbocycles. The molecular formula is C22H30O6. The molecule has 0 amide bonds. The summed E-state index contributed by atoms with van der Waals surface area (Å²) >= 11 is 0. The number of ether oxygens (including phenoxy) is 1.